The maximum atomic E-state index is 12.6. The van der Waals surface area contributed by atoms with E-state index >= 15 is 0 Å². The molecule has 0 heterocycles. The molecule has 1 fully saturated rings. The summed E-state index contributed by atoms with van der Waals surface area (Å²) >= 11 is 0. The van der Waals surface area contributed by atoms with Gasteiger partial charge in [-0.3, -0.25) is 4.79 Å². The molecular weight excluding hydrogens is 242 g/mol. The third-order valence-electron chi connectivity index (χ3n) is 3.77. The van der Waals surface area contributed by atoms with Crippen molar-refractivity contribution in [2.45, 2.75) is 38.6 Å². The lowest BCUT2D eigenvalue weighted by atomic mass is 9.90. The Morgan fingerprint density at radius 3 is 2.68 bits per heavy atom. The van der Waals surface area contributed by atoms with Crippen molar-refractivity contribution in [1.29, 1.82) is 0 Å². The van der Waals surface area contributed by atoms with Crippen molar-refractivity contribution in [2.24, 2.45) is 0 Å². The van der Waals surface area contributed by atoms with Crippen LogP contribution < -0.4 is 0 Å². The molecule has 0 aromatic heterocycles. The normalized spacial score (nSPS) is 15.1. The average molecular weight is 263 g/mol. The number of aliphatic hydroxyl groups excluding tert-OH is 1. The van der Waals surface area contributed by atoms with Crippen LogP contribution in [0.2, 0.25) is 0 Å². The molecule has 1 amide bonds. The number of benzene rings is 1. The van der Waals surface area contributed by atoms with E-state index in [9.17, 15) is 9.90 Å². The van der Waals surface area contributed by atoms with Gasteiger partial charge in [-0.15, -0.1) is 0 Å². The van der Waals surface area contributed by atoms with Gasteiger partial charge in [0.05, 0.1) is 0 Å². The van der Waals surface area contributed by atoms with Crippen LogP contribution in [0.4, 0.5) is 0 Å². The Morgan fingerprint density at radius 1 is 1.42 bits per heavy atom. The van der Waals surface area contributed by atoms with Crippen molar-refractivity contribution in [3.05, 3.63) is 29.3 Å². The molecule has 0 atom stereocenters. The number of aryl methyl sites for hydroxylation is 1. The molecule has 2 N–H and O–H groups in total. The summed E-state index contributed by atoms with van der Waals surface area (Å²) in [5, 5.41) is 18.4. The summed E-state index contributed by atoms with van der Waals surface area (Å²) in [4.78, 5) is 14.5. The first-order chi connectivity index (χ1) is 9.13. The Hall–Kier alpha value is -1.55. The fraction of sp³-hybridized carbons (Fsp3) is 0.533. The highest BCUT2D eigenvalue weighted by molar-refractivity contribution is 5.96. The number of carbonyl (C=O) groups excluding carboxylic acids is 1. The molecule has 1 saturated carbocycles. The average Bonchev–Trinajstić information content (AvgIpc) is 2.31. The van der Waals surface area contributed by atoms with Crippen LogP contribution in [0.1, 0.15) is 41.6 Å². The van der Waals surface area contributed by atoms with Gasteiger partial charge in [0, 0.05) is 24.8 Å². The third kappa shape index (κ3) is 3.07. The molecule has 0 aliphatic heterocycles. The van der Waals surface area contributed by atoms with E-state index in [-0.39, 0.29) is 18.3 Å². The monoisotopic (exact) mass is 263 g/mol. The number of phenols is 1. The van der Waals surface area contributed by atoms with Crippen LogP contribution in [0.25, 0.3) is 0 Å². The van der Waals surface area contributed by atoms with E-state index in [1.807, 2.05) is 11.8 Å². The van der Waals surface area contributed by atoms with Gasteiger partial charge in [-0.25, -0.2) is 0 Å². The second-order valence-corrected chi connectivity index (χ2v) is 5.16. The molecule has 4 heteroatoms. The van der Waals surface area contributed by atoms with Crippen LogP contribution in [0.15, 0.2) is 18.2 Å². The molecule has 1 aromatic rings. The number of rotatable bonds is 5. The Balaban J connectivity index is 2.17. The van der Waals surface area contributed by atoms with Gasteiger partial charge in [-0.05, 0) is 56.4 Å². The fourth-order valence-electron chi connectivity index (χ4n) is 2.43. The van der Waals surface area contributed by atoms with E-state index < -0.39 is 0 Å². The van der Waals surface area contributed by atoms with Gasteiger partial charge >= 0.3 is 0 Å². The molecule has 0 radical (unpaired) electrons. The first kappa shape index (κ1) is 13.9. The van der Waals surface area contributed by atoms with Crippen molar-refractivity contribution < 1.29 is 15.0 Å². The largest absolute Gasteiger partial charge is 0.508 e. The van der Waals surface area contributed by atoms with Gasteiger partial charge in [-0.2, -0.15) is 0 Å². The van der Waals surface area contributed by atoms with Crippen molar-refractivity contribution >= 4 is 5.91 Å². The van der Waals surface area contributed by atoms with Gasteiger partial charge in [0.1, 0.15) is 5.75 Å². The third-order valence-corrected chi connectivity index (χ3v) is 3.77. The first-order valence-electron chi connectivity index (χ1n) is 6.85. The van der Waals surface area contributed by atoms with Crippen LogP contribution >= 0.6 is 0 Å². The van der Waals surface area contributed by atoms with E-state index in [0.717, 1.165) is 18.4 Å². The minimum Gasteiger partial charge on any atom is -0.508 e. The number of carbonyl (C=O) groups is 1. The topological polar surface area (TPSA) is 60.8 Å². The fourth-order valence-corrected chi connectivity index (χ4v) is 2.43. The lowest BCUT2D eigenvalue weighted by Crippen LogP contribution is -2.45. The van der Waals surface area contributed by atoms with Gasteiger partial charge in [0.2, 0.25) is 0 Å². The number of hydrogen-bond acceptors (Lipinski definition) is 3. The predicted molar refractivity (Wildman–Crippen MR) is 73.2 cm³/mol. The van der Waals surface area contributed by atoms with Gasteiger partial charge in [0.15, 0.2) is 0 Å². The zero-order valence-corrected chi connectivity index (χ0v) is 11.3. The minimum absolute atomic E-state index is 0.00986. The second-order valence-electron chi connectivity index (χ2n) is 5.16. The quantitative estimate of drug-likeness (QED) is 0.855. The number of amides is 1. The van der Waals surface area contributed by atoms with E-state index in [1.54, 1.807) is 18.2 Å². The van der Waals surface area contributed by atoms with Crippen molar-refractivity contribution in [1.82, 2.24) is 4.90 Å². The maximum Gasteiger partial charge on any atom is 0.254 e. The Labute approximate surface area is 113 Å². The molecule has 2 rings (SSSR count). The Bertz CT molecular complexity index is 455. The molecule has 0 unspecified atom stereocenters. The van der Waals surface area contributed by atoms with Crippen LogP contribution in [-0.2, 0) is 0 Å². The lowest BCUT2D eigenvalue weighted by molar-refractivity contribution is 0.0562. The van der Waals surface area contributed by atoms with Gasteiger partial charge < -0.3 is 15.1 Å². The Morgan fingerprint density at radius 2 is 2.16 bits per heavy atom. The van der Waals surface area contributed by atoms with Gasteiger partial charge in [0.25, 0.3) is 5.91 Å². The van der Waals surface area contributed by atoms with E-state index in [2.05, 4.69) is 0 Å². The smallest absolute Gasteiger partial charge is 0.254 e. The SMILES string of the molecule is Cc1cc(O)ccc1C(=O)N(CCCO)C1CCC1. The first-order valence-corrected chi connectivity index (χ1v) is 6.85. The van der Waals surface area contributed by atoms with Crippen LogP contribution in [0.5, 0.6) is 5.75 Å². The summed E-state index contributed by atoms with van der Waals surface area (Å²) in [5.41, 5.74) is 1.43. The van der Waals surface area contributed by atoms with E-state index in [1.165, 1.54) is 6.42 Å². The predicted octanol–water partition coefficient (Wildman–Crippen LogP) is 2.08. The zero-order chi connectivity index (χ0) is 13.8. The number of phenolic OH excluding ortho intramolecular Hbond substituents is 1. The molecule has 1 aliphatic carbocycles. The number of hydrogen-bond donors (Lipinski definition) is 2. The highest BCUT2D eigenvalue weighted by Crippen LogP contribution is 2.27. The minimum atomic E-state index is 0.00986. The van der Waals surface area contributed by atoms with Crippen LogP contribution in [0, 0.1) is 6.92 Å². The molecule has 4 nitrogen and oxygen atoms in total. The summed E-state index contributed by atoms with van der Waals surface area (Å²) < 4.78 is 0. The molecule has 0 bridgehead atoms. The molecule has 104 valence electrons. The van der Waals surface area contributed by atoms with Crippen LogP contribution in [-0.4, -0.2) is 40.2 Å². The standard InChI is InChI=1S/C15H21NO3/c1-11-10-13(18)6-7-14(11)15(19)16(8-3-9-17)12-4-2-5-12/h6-7,10,12,17-18H,2-5,8-9H2,1H3. The summed E-state index contributed by atoms with van der Waals surface area (Å²) in [7, 11) is 0. The summed E-state index contributed by atoms with van der Waals surface area (Å²) in [6, 6.07) is 5.15. The van der Waals surface area contributed by atoms with Gasteiger partial charge in [-0.1, -0.05) is 0 Å². The Kier molecular flexibility index (Phi) is 4.43. The van der Waals surface area contributed by atoms with Crippen molar-refractivity contribution in [3.63, 3.8) is 0 Å². The van der Waals surface area contributed by atoms with E-state index in [0.29, 0.717) is 24.6 Å². The molecule has 1 aromatic carbocycles. The summed E-state index contributed by atoms with van der Waals surface area (Å²) in [6.45, 7) is 2.53. The summed E-state index contributed by atoms with van der Waals surface area (Å²) in [5.74, 6) is 0.190. The molecule has 19 heavy (non-hydrogen) atoms. The van der Waals surface area contributed by atoms with Crippen molar-refractivity contribution in [2.75, 3.05) is 13.2 Å². The number of nitrogens with zero attached hydrogens (tertiary/aromatic N) is 1. The number of aliphatic hydroxyl groups is 1. The number of aromatic hydroxyl groups is 1. The van der Waals surface area contributed by atoms with E-state index in [4.69, 9.17) is 5.11 Å². The maximum absolute atomic E-state index is 12.6. The molecular formula is C15H21NO3. The second kappa shape index (κ2) is 6.06. The molecule has 0 spiro atoms. The molecule has 0 saturated heterocycles. The lowest BCUT2D eigenvalue weighted by Gasteiger charge is -2.38. The highest BCUT2D eigenvalue weighted by Gasteiger charge is 2.29. The highest BCUT2D eigenvalue weighted by atomic mass is 16.3. The molecule has 1 aliphatic rings. The zero-order valence-electron chi connectivity index (χ0n) is 11.3. The van der Waals surface area contributed by atoms with Crippen molar-refractivity contribution in [3.8, 4) is 5.75 Å². The summed E-state index contributed by atoms with van der Waals surface area (Å²) in [6.07, 6.45) is 3.88. The van der Waals surface area contributed by atoms with Crippen LogP contribution in [0.3, 0.4) is 0 Å².